The van der Waals surface area contributed by atoms with Crippen LogP contribution in [0.2, 0.25) is 0 Å². The molecule has 22 heavy (non-hydrogen) atoms. The van der Waals surface area contributed by atoms with Gasteiger partial charge in [0.2, 0.25) is 0 Å². The number of rotatable bonds is 11. The molecule has 2 atom stereocenters. The number of aliphatic hydroxyl groups excluding tert-OH is 1. The zero-order chi connectivity index (χ0) is 17.4. The van der Waals surface area contributed by atoms with Gasteiger partial charge in [-0.1, -0.05) is 18.7 Å². The summed E-state index contributed by atoms with van der Waals surface area (Å²) in [4.78, 5) is 7.78. The Hall–Kier alpha value is -0.960. The van der Waals surface area contributed by atoms with Crippen molar-refractivity contribution in [3.05, 3.63) is 4.85 Å². The van der Waals surface area contributed by atoms with Gasteiger partial charge in [-0.15, -0.1) is 0 Å². The first kappa shape index (κ1) is 21.0. The number of hydrogen-bond donors (Lipinski definition) is 1. The summed E-state index contributed by atoms with van der Waals surface area (Å²) < 4.78 is 11.7. The Balaban J connectivity index is 4.43. The largest absolute Gasteiger partial charge is 0.394 e. The van der Waals surface area contributed by atoms with Crippen LogP contribution in [-0.4, -0.2) is 48.0 Å². The van der Waals surface area contributed by atoms with E-state index in [2.05, 4.69) is 16.6 Å². The Bertz CT molecular complexity index is 388. The minimum absolute atomic E-state index is 0.289. The van der Waals surface area contributed by atoms with E-state index in [0.29, 0.717) is 25.9 Å². The fourth-order valence-corrected chi connectivity index (χ4v) is 1.96. The highest BCUT2D eigenvalue weighted by Crippen LogP contribution is 2.24. The second-order valence-corrected chi connectivity index (χ2v) is 6.80. The third kappa shape index (κ3) is 6.43. The van der Waals surface area contributed by atoms with Crippen LogP contribution in [0.15, 0.2) is 4.99 Å². The lowest BCUT2D eigenvalue weighted by Crippen LogP contribution is -2.40. The van der Waals surface area contributed by atoms with Crippen LogP contribution in [-0.2, 0) is 9.47 Å². The predicted molar refractivity (Wildman–Crippen MR) is 91.9 cm³/mol. The molecule has 0 heterocycles. The Labute approximate surface area is 135 Å². The normalized spacial score (nSPS) is 16.6. The first-order valence-corrected chi connectivity index (χ1v) is 7.94. The van der Waals surface area contributed by atoms with Gasteiger partial charge in [0.1, 0.15) is 0 Å². The van der Waals surface area contributed by atoms with Crippen LogP contribution < -0.4 is 0 Å². The lowest BCUT2D eigenvalue weighted by atomic mass is 9.99. The van der Waals surface area contributed by atoms with Crippen LogP contribution >= 0.6 is 0 Å². The number of hydrogen-bond acceptors (Lipinski definition) is 4. The summed E-state index contributed by atoms with van der Waals surface area (Å²) in [5, 5.41) is 9.92. The predicted octanol–water partition coefficient (Wildman–Crippen LogP) is 3.51. The molecule has 5 nitrogen and oxygen atoms in total. The third-order valence-corrected chi connectivity index (χ3v) is 4.16. The molecule has 0 aliphatic carbocycles. The Kier molecular flexibility index (Phi) is 8.24. The van der Waals surface area contributed by atoms with E-state index in [1.54, 1.807) is 0 Å². The van der Waals surface area contributed by atoms with Crippen molar-refractivity contribution in [1.29, 1.82) is 0 Å². The molecule has 128 valence electrons. The zero-order valence-electron chi connectivity index (χ0n) is 15.1. The van der Waals surface area contributed by atoms with Gasteiger partial charge in [-0.25, -0.2) is 4.99 Å². The van der Waals surface area contributed by atoms with Crippen molar-refractivity contribution in [1.82, 2.24) is 0 Å². The summed E-state index contributed by atoms with van der Waals surface area (Å²) in [5.74, 6) is 0. The average Bonchev–Trinajstić information content (AvgIpc) is 2.48. The van der Waals surface area contributed by atoms with Gasteiger partial charge in [-0.2, -0.15) is 0 Å². The van der Waals surface area contributed by atoms with E-state index < -0.39 is 23.0 Å². The molecule has 0 aromatic carbocycles. The van der Waals surface area contributed by atoms with Crippen molar-refractivity contribution in [2.24, 2.45) is 4.99 Å². The van der Waals surface area contributed by atoms with Gasteiger partial charge in [0.05, 0.1) is 30.3 Å². The van der Waals surface area contributed by atoms with Gasteiger partial charge in [0.15, 0.2) is 6.61 Å². The van der Waals surface area contributed by atoms with Gasteiger partial charge in [0.25, 0.3) is 6.57 Å². The highest BCUT2D eigenvalue weighted by molar-refractivity contribution is 5.27. The molecular weight excluding hydrogens is 280 g/mol. The van der Waals surface area contributed by atoms with Crippen molar-refractivity contribution in [2.45, 2.75) is 83.8 Å². The number of aliphatic imine (C=N–C) groups is 1. The van der Waals surface area contributed by atoms with Crippen LogP contribution in [0.5, 0.6) is 0 Å². The summed E-state index contributed by atoms with van der Waals surface area (Å²) in [6, 6.07) is 0. The highest BCUT2D eigenvalue weighted by atomic mass is 16.5. The molecule has 0 aliphatic heterocycles. The number of ether oxygens (including phenoxy) is 2. The lowest BCUT2D eigenvalue weighted by molar-refractivity contribution is -0.121. The Morgan fingerprint density at radius 1 is 1.23 bits per heavy atom. The molecule has 0 radical (unpaired) electrons. The average molecular weight is 313 g/mol. The molecule has 0 fully saturated rings. The summed E-state index contributed by atoms with van der Waals surface area (Å²) in [5.41, 5.74) is -1.74. The number of nitrogens with zero attached hydrogens (tertiary/aromatic N) is 2. The maximum Gasteiger partial charge on any atom is 0.394 e. The minimum atomic E-state index is -0.782. The van der Waals surface area contributed by atoms with E-state index in [9.17, 15) is 5.11 Å². The SMILES string of the molecule is C#[N+]C(CC)(COC(C)(C)CCOC(C)(C)C(O)CC)N=C. The monoisotopic (exact) mass is 313 g/mol. The molecule has 0 spiro atoms. The van der Waals surface area contributed by atoms with Crippen molar-refractivity contribution < 1.29 is 14.6 Å². The second-order valence-electron chi connectivity index (χ2n) is 6.80. The highest BCUT2D eigenvalue weighted by Gasteiger charge is 2.39. The van der Waals surface area contributed by atoms with Crippen LogP contribution in [0.1, 0.15) is 60.8 Å². The van der Waals surface area contributed by atoms with E-state index >= 15 is 0 Å². The standard InChI is InChI=1S/C17H33N2O3/c1-9-14(20)16(5,6)21-12-11-15(3,4)22-13-17(10-2,18-7)19-8/h7,14,20H,8-13H2,1-6H3/q+1. The van der Waals surface area contributed by atoms with Crippen molar-refractivity contribution >= 4 is 6.72 Å². The zero-order valence-corrected chi connectivity index (χ0v) is 15.1. The van der Waals surface area contributed by atoms with E-state index in [4.69, 9.17) is 16.0 Å². The van der Waals surface area contributed by atoms with E-state index in [1.807, 2.05) is 41.5 Å². The Morgan fingerprint density at radius 2 is 1.82 bits per heavy atom. The van der Waals surface area contributed by atoms with E-state index in [0.717, 1.165) is 0 Å². The van der Waals surface area contributed by atoms with Gasteiger partial charge in [-0.05, 0) is 47.3 Å². The molecule has 5 heteroatoms. The van der Waals surface area contributed by atoms with Crippen LogP contribution in [0.3, 0.4) is 0 Å². The first-order chi connectivity index (χ1) is 10.1. The van der Waals surface area contributed by atoms with Crippen LogP contribution in [0.25, 0.3) is 4.85 Å². The van der Waals surface area contributed by atoms with E-state index in [1.165, 1.54) is 0 Å². The van der Waals surface area contributed by atoms with Gasteiger partial charge < -0.3 is 14.6 Å². The van der Waals surface area contributed by atoms with Gasteiger partial charge >= 0.3 is 5.66 Å². The quantitative estimate of drug-likeness (QED) is 0.594. The maximum atomic E-state index is 9.92. The van der Waals surface area contributed by atoms with Crippen LogP contribution in [0, 0.1) is 6.57 Å². The first-order valence-electron chi connectivity index (χ1n) is 7.94. The molecule has 0 amide bonds. The van der Waals surface area contributed by atoms with Crippen molar-refractivity contribution in [2.75, 3.05) is 13.2 Å². The molecule has 0 aliphatic rings. The van der Waals surface area contributed by atoms with Crippen molar-refractivity contribution in [3.8, 4) is 6.57 Å². The number of aliphatic hydroxyl groups is 1. The van der Waals surface area contributed by atoms with Crippen molar-refractivity contribution in [3.63, 3.8) is 0 Å². The lowest BCUT2D eigenvalue weighted by Gasteiger charge is -2.32. The third-order valence-electron chi connectivity index (χ3n) is 4.16. The molecule has 1 N–H and O–H groups in total. The molecule has 0 saturated heterocycles. The van der Waals surface area contributed by atoms with Gasteiger partial charge in [0, 0.05) is 0 Å². The minimum Gasteiger partial charge on any atom is -0.390 e. The van der Waals surface area contributed by atoms with Crippen LogP contribution in [0.4, 0.5) is 0 Å². The molecule has 0 aromatic heterocycles. The topological polar surface area (TPSA) is 55.4 Å². The maximum absolute atomic E-state index is 9.92. The molecular formula is C17H33N2O3+. The molecule has 0 rings (SSSR count). The summed E-state index contributed by atoms with van der Waals surface area (Å²) in [6.07, 6.45) is 1.50. The Morgan fingerprint density at radius 3 is 2.23 bits per heavy atom. The molecule has 0 saturated carbocycles. The second kappa shape index (κ2) is 8.61. The summed E-state index contributed by atoms with van der Waals surface area (Å²) in [6.45, 7) is 21.4. The van der Waals surface area contributed by atoms with Gasteiger partial charge in [-0.3, -0.25) is 0 Å². The van der Waals surface area contributed by atoms with E-state index in [-0.39, 0.29) is 6.61 Å². The molecule has 0 bridgehead atoms. The summed E-state index contributed by atoms with van der Waals surface area (Å²) in [7, 11) is 0. The molecule has 2 unspecified atom stereocenters. The fraction of sp³-hybridized carbons (Fsp3) is 0.882. The molecule has 0 aromatic rings. The fourth-order valence-electron chi connectivity index (χ4n) is 1.96. The smallest absolute Gasteiger partial charge is 0.390 e. The summed E-state index contributed by atoms with van der Waals surface area (Å²) >= 11 is 0.